The summed E-state index contributed by atoms with van der Waals surface area (Å²) in [5.74, 6) is -1.25. The maximum Gasteiger partial charge on any atom is 0.258 e. The van der Waals surface area contributed by atoms with E-state index in [0.717, 1.165) is 28.1 Å². The summed E-state index contributed by atoms with van der Waals surface area (Å²) in [6.45, 7) is 5.72. The summed E-state index contributed by atoms with van der Waals surface area (Å²) in [6, 6.07) is 17.5. The van der Waals surface area contributed by atoms with Crippen LogP contribution in [-0.2, 0) is 9.59 Å². The largest absolute Gasteiger partial charge is 0.395 e. The second kappa shape index (κ2) is 11.7. The fraction of sp³-hybridized carbons (Fsp3) is 0.176. The van der Waals surface area contributed by atoms with Gasteiger partial charge in [-0.3, -0.25) is 19.4 Å². The molecular weight excluding hydrogens is 556 g/mol. The Balaban J connectivity index is 1.12. The maximum atomic E-state index is 13.1. The molecule has 10 nitrogen and oxygen atoms in total. The Hall–Kier alpha value is -5.48. The highest BCUT2D eigenvalue weighted by Crippen LogP contribution is 2.50. The summed E-state index contributed by atoms with van der Waals surface area (Å²) < 4.78 is 0. The first-order valence-electron chi connectivity index (χ1n) is 14.1. The number of carbonyl (C=O) groups is 3. The van der Waals surface area contributed by atoms with E-state index in [1.54, 1.807) is 55.0 Å². The van der Waals surface area contributed by atoms with Gasteiger partial charge in [-0.25, -0.2) is 9.97 Å². The van der Waals surface area contributed by atoms with Crippen molar-refractivity contribution in [3.63, 3.8) is 0 Å². The van der Waals surface area contributed by atoms with Crippen molar-refractivity contribution in [2.24, 2.45) is 11.3 Å². The number of ketones is 1. The average molecular weight is 587 g/mol. The van der Waals surface area contributed by atoms with Gasteiger partial charge in [0.25, 0.3) is 11.8 Å². The number of nitrogens with one attached hydrogen (secondary N) is 3. The normalized spacial score (nSPS) is 18.9. The van der Waals surface area contributed by atoms with E-state index in [0.29, 0.717) is 35.7 Å². The van der Waals surface area contributed by atoms with Crippen LogP contribution >= 0.6 is 0 Å². The van der Waals surface area contributed by atoms with Crippen LogP contribution in [0, 0.1) is 18.3 Å². The predicted octanol–water partition coefficient (Wildman–Crippen LogP) is 5.24. The first-order valence-corrected chi connectivity index (χ1v) is 14.1. The average Bonchev–Trinajstić information content (AvgIpc) is 3.33. The van der Waals surface area contributed by atoms with Crippen LogP contribution in [0.25, 0.3) is 11.3 Å². The van der Waals surface area contributed by atoms with Crippen LogP contribution in [0.5, 0.6) is 0 Å². The molecule has 2 amide bonds. The number of hydrogen-bond acceptors (Lipinski definition) is 8. The molecule has 220 valence electrons. The lowest BCUT2D eigenvalue weighted by Crippen LogP contribution is -2.33. The number of Topliss-reactive ketones (excluding diaryl/α,β-unsaturated/α-hetero) is 1. The van der Waals surface area contributed by atoms with Crippen LogP contribution in [0.15, 0.2) is 103 Å². The number of benzene rings is 2. The van der Waals surface area contributed by atoms with E-state index in [1.807, 2.05) is 37.3 Å². The molecule has 2 aliphatic rings. The number of amides is 2. The molecule has 2 heterocycles. The number of rotatable bonds is 8. The molecule has 2 bridgehead atoms. The number of aliphatic hydroxyl groups is 1. The highest BCUT2D eigenvalue weighted by atomic mass is 16.3. The maximum absolute atomic E-state index is 13.1. The van der Waals surface area contributed by atoms with E-state index >= 15 is 0 Å². The molecule has 4 aromatic rings. The van der Waals surface area contributed by atoms with Crippen LogP contribution in [0.4, 0.5) is 23.0 Å². The van der Waals surface area contributed by atoms with E-state index in [1.165, 1.54) is 0 Å². The summed E-state index contributed by atoms with van der Waals surface area (Å²) >= 11 is 0. The van der Waals surface area contributed by atoms with Crippen molar-refractivity contribution < 1.29 is 19.5 Å². The molecule has 2 aliphatic carbocycles. The van der Waals surface area contributed by atoms with Gasteiger partial charge in [-0.05, 0) is 79.9 Å². The van der Waals surface area contributed by atoms with Gasteiger partial charge in [0, 0.05) is 58.1 Å². The summed E-state index contributed by atoms with van der Waals surface area (Å²) in [5, 5.41) is 18.8. The zero-order valence-corrected chi connectivity index (χ0v) is 24.0. The Kier molecular flexibility index (Phi) is 7.59. The number of allylic oxidation sites excluding steroid dienone is 1. The van der Waals surface area contributed by atoms with E-state index in [-0.39, 0.29) is 23.9 Å². The number of anilines is 4. The minimum absolute atomic E-state index is 0.0159. The van der Waals surface area contributed by atoms with E-state index in [4.69, 9.17) is 0 Å². The molecule has 44 heavy (non-hydrogen) atoms. The molecule has 0 aliphatic heterocycles. The lowest BCUT2D eigenvalue weighted by molar-refractivity contribution is -0.122. The molecule has 6 rings (SSSR count). The number of fused-ring (bicyclic) bond motifs is 2. The van der Waals surface area contributed by atoms with Crippen LogP contribution in [0.3, 0.4) is 0 Å². The third-order valence-electron chi connectivity index (χ3n) is 8.00. The van der Waals surface area contributed by atoms with E-state index in [2.05, 4.69) is 37.5 Å². The molecule has 1 saturated carbocycles. The van der Waals surface area contributed by atoms with Gasteiger partial charge in [0.05, 0.1) is 17.9 Å². The SMILES string of the molecule is C=C1C[C@]2(CO)C=C(C(=O)Nc3cccc(C(=O)Nc4ccc(Nc5nccc(-c6cccnc6)n5)c(C)c4)c3)C(=O)[C@H]1C2. The van der Waals surface area contributed by atoms with E-state index in [9.17, 15) is 19.5 Å². The lowest BCUT2D eigenvalue weighted by atomic mass is 9.77. The third-order valence-corrected chi connectivity index (χ3v) is 8.00. The molecule has 2 aromatic heterocycles. The van der Waals surface area contributed by atoms with Gasteiger partial charge < -0.3 is 21.1 Å². The van der Waals surface area contributed by atoms with Crippen molar-refractivity contribution in [2.75, 3.05) is 22.6 Å². The number of aliphatic hydroxyl groups excluding tert-OH is 1. The zero-order valence-electron chi connectivity index (χ0n) is 24.0. The molecule has 1 fully saturated rings. The summed E-state index contributed by atoms with van der Waals surface area (Å²) in [7, 11) is 0. The Morgan fingerprint density at radius 2 is 1.84 bits per heavy atom. The second-order valence-electron chi connectivity index (χ2n) is 11.2. The highest BCUT2D eigenvalue weighted by Gasteiger charge is 2.48. The van der Waals surface area contributed by atoms with Crippen LogP contribution in [-0.4, -0.2) is 44.3 Å². The first-order chi connectivity index (χ1) is 21.2. The lowest BCUT2D eigenvalue weighted by Gasteiger charge is -2.27. The van der Waals surface area contributed by atoms with Crippen LogP contribution in [0.2, 0.25) is 0 Å². The number of nitrogens with zero attached hydrogens (tertiary/aromatic N) is 3. The van der Waals surface area contributed by atoms with Crippen molar-refractivity contribution in [1.29, 1.82) is 0 Å². The third kappa shape index (κ3) is 5.75. The summed E-state index contributed by atoms with van der Waals surface area (Å²) in [6.07, 6.45) is 7.65. The van der Waals surface area contributed by atoms with Crippen LogP contribution in [0.1, 0.15) is 28.8 Å². The van der Waals surface area contributed by atoms with Gasteiger partial charge in [-0.2, -0.15) is 0 Å². The summed E-state index contributed by atoms with van der Waals surface area (Å²) in [5.41, 5.74) is 4.66. The molecule has 4 N–H and O–H groups in total. The number of hydrogen-bond donors (Lipinski definition) is 4. The number of pyridine rings is 1. The first kappa shape index (κ1) is 28.6. The Labute approximate surface area is 254 Å². The number of aryl methyl sites for hydroxylation is 1. The molecule has 10 heteroatoms. The van der Waals surface area contributed by atoms with Crippen molar-refractivity contribution in [2.45, 2.75) is 19.8 Å². The monoisotopic (exact) mass is 586 g/mol. The molecule has 2 atom stereocenters. The van der Waals surface area contributed by atoms with Gasteiger partial charge in [-0.1, -0.05) is 24.3 Å². The number of aromatic nitrogens is 3. The molecule has 0 radical (unpaired) electrons. The minimum atomic E-state index is -0.635. The fourth-order valence-corrected chi connectivity index (χ4v) is 5.73. The van der Waals surface area contributed by atoms with Gasteiger partial charge in [0.15, 0.2) is 5.78 Å². The van der Waals surface area contributed by atoms with E-state index < -0.39 is 17.2 Å². The van der Waals surface area contributed by atoms with Crippen molar-refractivity contribution in [3.8, 4) is 11.3 Å². The topological polar surface area (TPSA) is 146 Å². The predicted molar refractivity (Wildman–Crippen MR) is 167 cm³/mol. The van der Waals surface area contributed by atoms with Gasteiger partial charge in [0.1, 0.15) is 0 Å². The highest BCUT2D eigenvalue weighted by molar-refractivity contribution is 6.25. The Morgan fingerprint density at radius 3 is 2.61 bits per heavy atom. The molecule has 0 spiro atoms. The Morgan fingerprint density at radius 1 is 1.02 bits per heavy atom. The zero-order chi connectivity index (χ0) is 30.8. The van der Waals surface area contributed by atoms with Crippen molar-refractivity contribution in [3.05, 3.63) is 114 Å². The van der Waals surface area contributed by atoms with Gasteiger partial charge in [-0.15, -0.1) is 0 Å². The molecule has 2 aromatic carbocycles. The smallest absolute Gasteiger partial charge is 0.258 e. The summed E-state index contributed by atoms with van der Waals surface area (Å²) in [4.78, 5) is 52.2. The molecular formula is C34H30N6O4. The van der Waals surface area contributed by atoms with Crippen LogP contribution < -0.4 is 16.0 Å². The van der Waals surface area contributed by atoms with Gasteiger partial charge >= 0.3 is 0 Å². The fourth-order valence-electron chi connectivity index (χ4n) is 5.73. The molecule has 0 unspecified atom stereocenters. The van der Waals surface area contributed by atoms with Gasteiger partial charge in [0.2, 0.25) is 5.95 Å². The molecule has 0 saturated heterocycles. The number of carbonyl (C=O) groups excluding carboxylic acids is 3. The standard InChI is InChI=1S/C34H30N6O4/c1-20-13-25(8-9-28(20)39-33-36-12-10-29(40-33)23-6-4-11-35-18-23)37-31(43)22-5-3-7-24(14-22)38-32(44)27-17-34(19-41)15-21(2)26(16-34)30(27)42/h3-14,17-18,26,41H,2,15-16,19H2,1H3,(H,37,43)(H,38,44)(H,36,39,40)/t26-,34+/m0/s1. The quantitative estimate of drug-likeness (QED) is 0.162. The minimum Gasteiger partial charge on any atom is -0.395 e. The van der Waals surface area contributed by atoms with Crippen molar-refractivity contribution >= 4 is 40.6 Å². The Bertz CT molecular complexity index is 1840. The second-order valence-corrected chi connectivity index (χ2v) is 11.2. The van der Waals surface area contributed by atoms with Crippen molar-refractivity contribution in [1.82, 2.24) is 15.0 Å².